The predicted molar refractivity (Wildman–Crippen MR) is 61.8 cm³/mol. The molecule has 0 aliphatic heterocycles. The zero-order chi connectivity index (χ0) is 8.72. The van der Waals surface area contributed by atoms with E-state index in [-0.39, 0.29) is 5.82 Å². The average molecular weight is 310 g/mol. The van der Waals surface area contributed by atoms with Gasteiger partial charge in [0.2, 0.25) is 0 Å². The lowest BCUT2D eigenvalue weighted by atomic mass is 10.2. The number of thiophene rings is 1. The molecule has 0 amide bonds. The highest BCUT2D eigenvalue weighted by atomic mass is 127. The van der Waals surface area contributed by atoms with Crippen molar-refractivity contribution in [3.05, 3.63) is 26.9 Å². The molecule has 0 fully saturated rings. The lowest BCUT2D eigenvalue weighted by Gasteiger charge is -1.95. The van der Waals surface area contributed by atoms with E-state index in [9.17, 15) is 4.39 Å². The van der Waals surface area contributed by atoms with Crippen LogP contribution in [0.2, 0.25) is 0 Å². The maximum atomic E-state index is 13.2. The van der Waals surface area contributed by atoms with Crippen molar-refractivity contribution in [2.75, 3.05) is 0 Å². The van der Waals surface area contributed by atoms with E-state index >= 15 is 0 Å². The summed E-state index contributed by atoms with van der Waals surface area (Å²) in [6.45, 7) is 0. The van der Waals surface area contributed by atoms with Gasteiger partial charge in [-0.25, -0.2) is 4.39 Å². The van der Waals surface area contributed by atoms with Gasteiger partial charge < -0.3 is 0 Å². The van der Waals surface area contributed by atoms with Crippen molar-refractivity contribution in [2.24, 2.45) is 0 Å². The first-order chi connectivity index (χ1) is 5.70. The van der Waals surface area contributed by atoms with Gasteiger partial charge in [0, 0.05) is 19.2 Å². The minimum absolute atomic E-state index is 0.184. The average Bonchev–Trinajstić information content (AvgIpc) is 2.42. The summed E-state index contributed by atoms with van der Waals surface area (Å²) >= 11 is 7.91. The number of fused-ring (bicyclic) bond motifs is 1. The van der Waals surface area contributed by atoms with Crippen LogP contribution in [0.25, 0.3) is 10.1 Å². The number of thiol groups is 1. The van der Waals surface area contributed by atoms with Gasteiger partial charge in [-0.15, -0.1) is 24.0 Å². The molecule has 0 atom stereocenters. The number of halogens is 2. The highest BCUT2D eigenvalue weighted by Crippen LogP contribution is 2.33. The van der Waals surface area contributed by atoms with Crippen LogP contribution in [0.1, 0.15) is 0 Å². The Morgan fingerprint density at radius 3 is 2.83 bits per heavy atom. The molecule has 0 bridgehead atoms. The highest BCUT2D eigenvalue weighted by molar-refractivity contribution is 14.1. The third-order valence-corrected chi connectivity index (χ3v) is 4.41. The summed E-state index contributed by atoms with van der Waals surface area (Å²) in [6, 6.07) is 3.26. The van der Waals surface area contributed by atoms with Crippen molar-refractivity contribution in [3.8, 4) is 0 Å². The molecule has 0 spiro atoms. The molecular weight excluding hydrogens is 306 g/mol. The SMILES string of the molecule is Fc1ccc(I)c2scc(S)c12. The van der Waals surface area contributed by atoms with Gasteiger partial charge in [0.1, 0.15) is 5.82 Å². The second-order valence-corrected chi connectivity index (χ2v) is 4.88. The van der Waals surface area contributed by atoms with Crippen molar-refractivity contribution in [2.45, 2.75) is 4.90 Å². The van der Waals surface area contributed by atoms with E-state index in [0.717, 1.165) is 13.2 Å². The molecule has 12 heavy (non-hydrogen) atoms. The summed E-state index contributed by atoms with van der Waals surface area (Å²) < 4.78 is 15.3. The fourth-order valence-electron chi connectivity index (χ4n) is 1.06. The second kappa shape index (κ2) is 3.16. The standard InChI is InChI=1S/C8H4FIS2/c9-4-1-2-5(10)8-7(4)6(11)3-12-8/h1-3,11H. The Bertz CT molecular complexity index is 436. The maximum Gasteiger partial charge on any atom is 0.133 e. The molecule has 4 heteroatoms. The molecule has 1 aromatic carbocycles. The first-order valence-electron chi connectivity index (χ1n) is 3.24. The van der Waals surface area contributed by atoms with E-state index < -0.39 is 0 Å². The van der Waals surface area contributed by atoms with Crippen LogP contribution >= 0.6 is 46.6 Å². The predicted octanol–water partition coefficient (Wildman–Crippen LogP) is 3.93. The van der Waals surface area contributed by atoms with Crippen LogP contribution in [0.3, 0.4) is 0 Å². The zero-order valence-electron chi connectivity index (χ0n) is 5.84. The van der Waals surface area contributed by atoms with Crippen molar-refractivity contribution in [1.82, 2.24) is 0 Å². The quantitative estimate of drug-likeness (QED) is 0.553. The summed E-state index contributed by atoms with van der Waals surface area (Å²) in [4.78, 5) is 0.728. The normalized spacial score (nSPS) is 10.9. The van der Waals surface area contributed by atoms with Crippen LogP contribution < -0.4 is 0 Å². The van der Waals surface area contributed by atoms with E-state index in [1.807, 2.05) is 5.38 Å². The Morgan fingerprint density at radius 1 is 1.42 bits per heavy atom. The van der Waals surface area contributed by atoms with Gasteiger partial charge >= 0.3 is 0 Å². The van der Waals surface area contributed by atoms with Crippen molar-refractivity contribution in [3.63, 3.8) is 0 Å². The molecule has 1 heterocycles. The maximum absolute atomic E-state index is 13.2. The Labute approximate surface area is 92.3 Å². The minimum Gasteiger partial charge on any atom is -0.206 e. The molecule has 0 saturated carbocycles. The molecular formula is C8H4FIS2. The summed E-state index contributed by atoms with van der Waals surface area (Å²) in [6.07, 6.45) is 0. The summed E-state index contributed by atoms with van der Waals surface area (Å²) in [5.41, 5.74) is 0. The molecule has 0 unspecified atom stereocenters. The lowest BCUT2D eigenvalue weighted by Crippen LogP contribution is -1.77. The van der Waals surface area contributed by atoms with Crippen LogP contribution in [-0.4, -0.2) is 0 Å². The van der Waals surface area contributed by atoms with Crippen LogP contribution in [0.4, 0.5) is 4.39 Å². The third kappa shape index (κ3) is 1.25. The molecule has 0 radical (unpaired) electrons. The monoisotopic (exact) mass is 310 g/mol. The van der Waals surface area contributed by atoms with E-state index in [1.54, 1.807) is 6.07 Å². The van der Waals surface area contributed by atoms with Crippen molar-refractivity contribution < 1.29 is 4.39 Å². The molecule has 2 rings (SSSR count). The fraction of sp³-hybridized carbons (Fsp3) is 0. The van der Waals surface area contributed by atoms with Gasteiger partial charge in [-0.1, -0.05) is 0 Å². The topological polar surface area (TPSA) is 0 Å². The molecule has 2 aromatic rings. The third-order valence-electron chi connectivity index (χ3n) is 1.60. The second-order valence-electron chi connectivity index (χ2n) is 2.35. The summed E-state index contributed by atoms with van der Waals surface area (Å²) in [7, 11) is 0. The van der Waals surface area contributed by atoms with Crippen LogP contribution in [0, 0.1) is 9.39 Å². The highest BCUT2D eigenvalue weighted by Gasteiger charge is 2.08. The summed E-state index contributed by atoms with van der Waals surface area (Å²) in [5.74, 6) is -0.184. The molecule has 0 aliphatic carbocycles. The summed E-state index contributed by atoms with van der Waals surface area (Å²) in [5, 5.41) is 2.51. The Morgan fingerprint density at radius 2 is 2.17 bits per heavy atom. The first kappa shape index (κ1) is 8.77. The number of rotatable bonds is 0. The van der Waals surface area contributed by atoms with Crippen LogP contribution in [-0.2, 0) is 0 Å². The number of benzene rings is 1. The van der Waals surface area contributed by atoms with Crippen molar-refractivity contribution in [1.29, 1.82) is 0 Å². The Kier molecular flexibility index (Phi) is 2.31. The van der Waals surface area contributed by atoms with E-state index in [4.69, 9.17) is 0 Å². The van der Waals surface area contributed by atoms with Crippen molar-refractivity contribution >= 4 is 56.6 Å². The van der Waals surface area contributed by atoms with Gasteiger partial charge in [-0.2, -0.15) is 0 Å². The van der Waals surface area contributed by atoms with Crippen LogP contribution in [0.15, 0.2) is 22.4 Å². The largest absolute Gasteiger partial charge is 0.206 e. The molecule has 0 nitrogen and oxygen atoms in total. The number of hydrogen-bond acceptors (Lipinski definition) is 2. The number of hydrogen-bond donors (Lipinski definition) is 1. The molecule has 0 saturated heterocycles. The van der Waals surface area contributed by atoms with Gasteiger partial charge in [0.15, 0.2) is 0 Å². The zero-order valence-corrected chi connectivity index (χ0v) is 9.71. The molecule has 62 valence electrons. The smallest absolute Gasteiger partial charge is 0.133 e. The molecule has 0 N–H and O–H groups in total. The first-order valence-corrected chi connectivity index (χ1v) is 5.65. The van der Waals surface area contributed by atoms with Gasteiger partial charge in [-0.3, -0.25) is 0 Å². The minimum atomic E-state index is -0.184. The lowest BCUT2D eigenvalue weighted by molar-refractivity contribution is 0.638. The van der Waals surface area contributed by atoms with E-state index in [1.165, 1.54) is 17.4 Å². The fourth-order valence-corrected chi connectivity index (χ4v) is 3.20. The van der Waals surface area contributed by atoms with E-state index in [2.05, 4.69) is 35.2 Å². The molecule has 0 aliphatic rings. The Balaban J connectivity index is 2.98. The van der Waals surface area contributed by atoms with Gasteiger partial charge in [0.25, 0.3) is 0 Å². The van der Waals surface area contributed by atoms with Gasteiger partial charge in [0.05, 0.1) is 4.70 Å². The molecule has 1 aromatic heterocycles. The van der Waals surface area contributed by atoms with Gasteiger partial charge in [-0.05, 0) is 34.7 Å². The van der Waals surface area contributed by atoms with Crippen LogP contribution in [0.5, 0.6) is 0 Å². The van der Waals surface area contributed by atoms with E-state index in [0.29, 0.717) is 5.39 Å². The Hall–Kier alpha value is 0.190.